The van der Waals surface area contributed by atoms with Crippen LogP contribution in [0.3, 0.4) is 0 Å². The number of para-hydroxylation sites is 2. The number of carbonyl (C=O) groups is 2. The second kappa shape index (κ2) is 7.89. The fraction of sp³-hybridized carbons (Fsp3) is 0.235. The van der Waals surface area contributed by atoms with E-state index in [1.807, 2.05) is 18.2 Å². The molecule has 8 heteroatoms. The van der Waals surface area contributed by atoms with Crippen LogP contribution in [0.15, 0.2) is 56.7 Å². The van der Waals surface area contributed by atoms with E-state index in [9.17, 15) is 9.59 Å². The molecule has 1 atom stereocenters. The number of esters is 1. The molecule has 0 bridgehead atoms. The first kappa shape index (κ1) is 17.1. The smallest absolute Gasteiger partial charge is 0.317 e. The van der Waals surface area contributed by atoms with Gasteiger partial charge in [-0.15, -0.1) is 0 Å². The lowest BCUT2D eigenvalue weighted by atomic mass is 10.3. The van der Waals surface area contributed by atoms with Crippen LogP contribution in [0.1, 0.15) is 12.7 Å². The van der Waals surface area contributed by atoms with E-state index in [-0.39, 0.29) is 12.3 Å². The molecule has 0 fully saturated rings. The number of benzene rings is 1. The number of nitrogens with one attached hydrogen (secondary N) is 1. The maximum Gasteiger partial charge on any atom is 0.317 e. The third kappa shape index (κ3) is 4.63. The summed E-state index contributed by atoms with van der Waals surface area (Å²) in [6.45, 7) is 1.75. The van der Waals surface area contributed by atoms with Crippen molar-refractivity contribution in [2.75, 3.05) is 5.75 Å². The lowest BCUT2D eigenvalue weighted by Gasteiger charge is -2.12. The van der Waals surface area contributed by atoms with E-state index in [4.69, 9.17) is 13.6 Å². The molecule has 7 nitrogen and oxygen atoms in total. The van der Waals surface area contributed by atoms with E-state index in [0.29, 0.717) is 16.6 Å². The topological polar surface area (TPSA) is 94.6 Å². The number of aromatic nitrogens is 1. The average Bonchev–Trinajstić information content (AvgIpc) is 3.26. The number of rotatable bonds is 7. The Kier molecular flexibility index (Phi) is 5.39. The standard InChI is InChI=1S/C17H16N2O5S/c1-11(16(21)18-9-12-5-4-8-22-12)23-15(20)10-25-17-19-13-6-2-3-7-14(13)24-17/h2-8,11H,9-10H2,1H3,(H,18,21). The fourth-order valence-corrected chi connectivity index (χ4v) is 2.67. The molecule has 1 unspecified atom stereocenters. The Morgan fingerprint density at radius 3 is 2.88 bits per heavy atom. The maximum absolute atomic E-state index is 11.9. The van der Waals surface area contributed by atoms with Crippen LogP contribution in [0, 0.1) is 0 Å². The number of fused-ring (bicyclic) bond motifs is 1. The molecule has 1 N–H and O–H groups in total. The average molecular weight is 360 g/mol. The second-order valence-corrected chi connectivity index (χ2v) is 6.09. The molecule has 2 heterocycles. The van der Waals surface area contributed by atoms with Gasteiger partial charge in [0.1, 0.15) is 17.0 Å². The molecule has 0 saturated heterocycles. The van der Waals surface area contributed by atoms with Gasteiger partial charge in [0, 0.05) is 0 Å². The van der Waals surface area contributed by atoms with Gasteiger partial charge in [0.25, 0.3) is 11.1 Å². The Morgan fingerprint density at radius 1 is 1.28 bits per heavy atom. The minimum Gasteiger partial charge on any atom is -0.467 e. The van der Waals surface area contributed by atoms with E-state index >= 15 is 0 Å². The zero-order valence-electron chi connectivity index (χ0n) is 13.4. The first-order valence-corrected chi connectivity index (χ1v) is 8.58. The molecule has 3 rings (SSSR count). The first-order chi connectivity index (χ1) is 12.1. The summed E-state index contributed by atoms with van der Waals surface area (Å²) < 4.78 is 15.7. The van der Waals surface area contributed by atoms with Gasteiger partial charge in [-0.2, -0.15) is 0 Å². The van der Waals surface area contributed by atoms with E-state index in [0.717, 1.165) is 17.3 Å². The number of hydrogen-bond acceptors (Lipinski definition) is 7. The summed E-state index contributed by atoms with van der Waals surface area (Å²) in [5.74, 6) is -0.286. The van der Waals surface area contributed by atoms with Crippen LogP contribution in [0.5, 0.6) is 0 Å². The Morgan fingerprint density at radius 2 is 2.12 bits per heavy atom. The van der Waals surface area contributed by atoms with Crippen LogP contribution >= 0.6 is 11.8 Å². The molecule has 0 radical (unpaired) electrons. The van der Waals surface area contributed by atoms with Crippen LogP contribution < -0.4 is 5.32 Å². The number of furan rings is 1. The second-order valence-electron chi connectivity index (χ2n) is 5.17. The molecule has 130 valence electrons. The number of thioether (sulfide) groups is 1. The zero-order valence-corrected chi connectivity index (χ0v) is 14.2. The summed E-state index contributed by atoms with van der Waals surface area (Å²) in [5, 5.41) is 3.02. The van der Waals surface area contributed by atoms with Crippen molar-refractivity contribution >= 4 is 34.7 Å². The maximum atomic E-state index is 11.9. The van der Waals surface area contributed by atoms with E-state index in [1.54, 1.807) is 18.2 Å². The third-order valence-corrected chi connectivity index (χ3v) is 4.08. The summed E-state index contributed by atoms with van der Waals surface area (Å²) >= 11 is 1.12. The molecule has 0 aliphatic heterocycles. The lowest BCUT2D eigenvalue weighted by Crippen LogP contribution is -2.35. The Labute approximate surface area is 147 Å². The summed E-state index contributed by atoms with van der Waals surface area (Å²) in [5.41, 5.74) is 1.38. The van der Waals surface area contributed by atoms with Crippen LogP contribution in [0.2, 0.25) is 0 Å². The van der Waals surface area contributed by atoms with Crippen LogP contribution in [0.4, 0.5) is 0 Å². The predicted octanol–water partition coefficient (Wildman–Crippen LogP) is 2.76. The van der Waals surface area contributed by atoms with Crippen molar-refractivity contribution in [2.24, 2.45) is 0 Å². The zero-order chi connectivity index (χ0) is 17.6. The molecule has 25 heavy (non-hydrogen) atoms. The molecule has 0 saturated carbocycles. The molecule has 1 amide bonds. The molecule has 1 aromatic carbocycles. The molecule has 0 aliphatic rings. The quantitative estimate of drug-likeness (QED) is 0.511. The summed E-state index contributed by atoms with van der Waals surface area (Å²) in [6, 6.07) is 10.8. The minimum atomic E-state index is -0.897. The first-order valence-electron chi connectivity index (χ1n) is 7.60. The minimum absolute atomic E-state index is 0.00260. The van der Waals surface area contributed by atoms with Crippen LogP contribution in [-0.4, -0.2) is 28.7 Å². The highest BCUT2D eigenvalue weighted by Crippen LogP contribution is 2.23. The normalized spacial score (nSPS) is 12.0. The summed E-state index contributed by atoms with van der Waals surface area (Å²) in [4.78, 5) is 28.0. The van der Waals surface area contributed by atoms with Gasteiger partial charge in [0.2, 0.25) is 0 Å². The molecule has 0 aliphatic carbocycles. The largest absolute Gasteiger partial charge is 0.467 e. The van der Waals surface area contributed by atoms with E-state index in [2.05, 4.69) is 10.3 Å². The van der Waals surface area contributed by atoms with Crippen molar-refractivity contribution in [2.45, 2.75) is 24.8 Å². The number of oxazole rings is 1. The van der Waals surface area contributed by atoms with Gasteiger partial charge in [-0.25, -0.2) is 4.98 Å². The highest BCUT2D eigenvalue weighted by atomic mass is 32.2. The number of nitrogens with zero attached hydrogens (tertiary/aromatic N) is 1. The van der Waals surface area contributed by atoms with E-state index in [1.165, 1.54) is 13.2 Å². The van der Waals surface area contributed by atoms with Crippen molar-refractivity contribution in [1.29, 1.82) is 0 Å². The van der Waals surface area contributed by atoms with Crippen molar-refractivity contribution < 1.29 is 23.2 Å². The number of hydrogen-bond donors (Lipinski definition) is 1. The van der Waals surface area contributed by atoms with Gasteiger partial charge in [0.15, 0.2) is 11.7 Å². The lowest BCUT2D eigenvalue weighted by molar-refractivity contribution is -0.152. The molecule has 2 aromatic heterocycles. The summed E-state index contributed by atoms with van der Waals surface area (Å²) in [6.07, 6.45) is 0.626. The Bertz CT molecular complexity index is 826. The van der Waals surface area contributed by atoms with Crippen LogP contribution in [0.25, 0.3) is 11.1 Å². The molecular formula is C17H16N2O5S. The number of carbonyl (C=O) groups excluding carboxylic acids is 2. The molecule has 0 spiro atoms. The van der Waals surface area contributed by atoms with Crippen molar-refractivity contribution in [3.8, 4) is 0 Å². The third-order valence-electron chi connectivity index (χ3n) is 3.28. The molecular weight excluding hydrogens is 344 g/mol. The van der Waals surface area contributed by atoms with E-state index < -0.39 is 18.0 Å². The van der Waals surface area contributed by atoms with Crippen molar-refractivity contribution in [1.82, 2.24) is 10.3 Å². The van der Waals surface area contributed by atoms with Gasteiger partial charge in [-0.3, -0.25) is 9.59 Å². The predicted molar refractivity (Wildman–Crippen MR) is 90.8 cm³/mol. The van der Waals surface area contributed by atoms with Gasteiger partial charge >= 0.3 is 5.97 Å². The fourth-order valence-electron chi connectivity index (χ4n) is 2.05. The number of amides is 1. The van der Waals surface area contributed by atoms with Crippen molar-refractivity contribution in [3.05, 3.63) is 48.4 Å². The Hall–Kier alpha value is -2.74. The highest BCUT2D eigenvalue weighted by molar-refractivity contribution is 7.99. The SMILES string of the molecule is CC(OC(=O)CSc1nc2ccccc2o1)C(=O)NCc1ccco1. The monoisotopic (exact) mass is 360 g/mol. The van der Waals surface area contributed by atoms with Crippen LogP contribution in [-0.2, 0) is 20.9 Å². The van der Waals surface area contributed by atoms with Crippen molar-refractivity contribution in [3.63, 3.8) is 0 Å². The number of ether oxygens (including phenoxy) is 1. The highest BCUT2D eigenvalue weighted by Gasteiger charge is 2.18. The van der Waals surface area contributed by atoms with Gasteiger partial charge in [0.05, 0.1) is 12.8 Å². The van der Waals surface area contributed by atoms with Gasteiger partial charge < -0.3 is 18.9 Å². The van der Waals surface area contributed by atoms with Gasteiger partial charge in [-0.1, -0.05) is 23.9 Å². The Balaban J connectivity index is 1.44. The molecule has 3 aromatic rings. The van der Waals surface area contributed by atoms with Gasteiger partial charge in [-0.05, 0) is 31.2 Å². The summed E-state index contributed by atoms with van der Waals surface area (Å²) in [7, 11) is 0.